The number of Topliss-reactive ketones (excluding diaryl/α,β-unsaturated/α-hetero) is 1. The van der Waals surface area contributed by atoms with E-state index in [-0.39, 0.29) is 23.5 Å². The summed E-state index contributed by atoms with van der Waals surface area (Å²) in [6.45, 7) is 8.22. The lowest BCUT2D eigenvalue weighted by Gasteiger charge is -2.24. The van der Waals surface area contributed by atoms with Gasteiger partial charge < -0.3 is 9.88 Å². The molecular weight excluding hydrogens is 447 g/mol. The minimum Gasteiger partial charge on any atom is -0.353 e. The van der Waals surface area contributed by atoms with Crippen LogP contribution in [0.2, 0.25) is 0 Å². The molecule has 192 valence electrons. The van der Waals surface area contributed by atoms with Gasteiger partial charge in [0.05, 0.1) is 6.54 Å². The van der Waals surface area contributed by atoms with Crippen LogP contribution in [0.15, 0.2) is 18.2 Å². The van der Waals surface area contributed by atoms with E-state index in [0.717, 1.165) is 50.5 Å². The van der Waals surface area contributed by atoms with Crippen LogP contribution in [-0.4, -0.2) is 33.8 Å². The van der Waals surface area contributed by atoms with Crippen LogP contribution >= 0.6 is 0 Å². The zero-order valence-corrected chi connectivity index (χ0v) is 21.5. The van der Waals surface area contributed by atoms with Crippen LogP contribution in [0.3, 0.4) is 0 Å². The predicted octanol–water partition coefficient (Wildman–Crippen LogP) is 6.38. The standard InChI is InChI=1S/C27H39FN4O3/c1-5-7-13-23(34)25-26(31(16-6-2)20(4)33)30-27(29-22-11-9-8-10-12-22)32(25)18-21-14-15-24(35-28)19(3)17-21/h14-15,17,22H,5-13,16,18H2,1-4H3,(H,29,30). The number of carbonyl (C=O) groups excluding carboxylic acids is 2. The van der Waals surface area contributed by atoms with E-state index in [1.165, 1.54) is 13.3 Å². The average Bonchev–Trinajstić information content (AvgIpc) is 3.18. The van der Waals surface area contributed by atoms with E-state index < -0.39 is 0 Å². The van der Waals surface area contributed by atoms with Crippen LogP contribution in [0.1, 0.15) is 100 Å². The van der Waals surface area contributed by atoms with Gasteiger partial charge in [0.25, 0.3) is 0 Å². The van der Waals surface area contributed by atoms with Gasteiger partial charge in [0.1, 0.15) is 5.69 Å². The number of hydrogen-bond donors (Lipinski definition) is 1. The zero-order chi connectivity index (χ0) is 25.4. The molecule has 1 aromatic heterocycles. The molecular formula is C27H39FN4O3. The summed E-state index contributed by atoms with van der Waals surface area (Å²) in [4.78, 5) is 36.6. The van der Waals surface area contributed by atoms with Crippen molar-refractivity contribution < 1.29 is 19.1 Å². The fourth-order valence-electron chi connectivity index (χ4n) is 4.77. The molecule has 1 N–H and O–H groups in total. The molecule has 2 aromatic rings. The van der Waals surface area contributed by atoms with Crippen LogP contribution in [0.4, 0.5) is 16.3 Å². The Hall–Kier alpha value is -2.90. The number of benzene rings is 1. The number of rotatable bonds is 12. The number of nitrogens with one attached hydrogen (secondary N) is 1. The molecule has 1 aliphatic carbocycles. The molecule has 1 heterocycles. The lowest BCUT2D eigenvalue weighted by molar-refractivity contribution is -0.116. The van der Waals surface area contributed by atoms with Gasteiger partial charge in [-0.2, -0.15) is 4.98 Å². The van der Waals surface area contributed by atoms with Crippen molar-refractivity contribution in [2.24, 2.45) is 0 Å². The Bertz CT molecular complexity index is 1010. The number of imidazole rings is 1. The maximum atomic E-state index is 13.5. The highest BCUT2D eigenvalue weighted by Gasteiger charge is 2.29. The molecule has 3 rings (SSSR count). The molecule has 1 amide bonds. The maximum Gasteiger partial charge on any atom is 0.225 e. The number of ketones is 1. The lowest BCUT2D eigenvalue weighted by Crippen LogP contribution is -2.31. The summed E-state index contributed by atoms with van der Waals surface area (Å²) < 4.78 is 14.7. The van der Waals surface area contributed by atoms with Crippen molar-refractivity contribution in [2.75, 3.05) is 16.8 Å². The molecule has 0 spiro atoms. The molecule has 1 aliphatic rings. The van der Waals surface area contributed by atoms with Crippen LogP contribution in [0, 0.1) is 6.92 Å². The van der Waals surface area contributed by atoms with Crippen molar-refractivity contribution in [1.82, 2.24) is 9.55 Å². The number of unbranched alkanes of at least 4 members (excludes halogenated alkanes) is 1. The summed E-state index contributed by atoms with van der Waals surface area (Å²) in [5.41, 5.74) is 2.03. The highest BCUT2D eigenvalue weighted by Crippen LogP contribution is 2.31. The Labute approximate surface area is 208 Å². The largest absolute Gasteiger partial charge is 0.353 e. The normalized spacial score (nSPS) is 14.1. The van der Waals surface area contributed by atoms with Crippen LogP contribution in [-0.2, 0) is 11.3 Å². The first-order valence-electron chi connectivity index (χ1n) is 13.0. The van der Waals surface area contributed by atoms with Gasteiger partial charge in [0, 0.05) is 30.5 Å². The number of halogens is 1. The first-order chi connectivity index (χ1) is 16.9. The molecule has 35 heavy (non-hydrogen) atoms. The zero-order valence-electron chi connectivity index (χ0n) is 21.5. The van der Waals surface area contributed by atoms with E-state index in [1.54, 1.807) is 24.0 Å². The van der Waals surface area contributed by atoms with Crippen molar-refractivity contribution in [3.63, 3.8) is 0 Å². The summed E-state index contributed by atoms with van der Waals surface area (Å²) in [7, 11) is 0. The number of aromatic nitrogens is 2. The highest BCUT2D eigenvalue weighted by atomic mass is 19.3. The minimum atomic E-state index is -0.134. The van der Waals surface area contributed by atoms with Gasteiger partial charge in [-0.05, 0) is 49.8 Å². The molecule has 0 saturated heterocycles. The minimum absolute atomic E-state index is 0.0196. The predicted molar refractivity (Wildman–Crippen MR) is 137 cm³/mol. The second-order valence-corrected chi connectivity index (χ2v) is 9.55. The van der Waals surface area contributed by atoms with Gasteiger partial charge in [-0.15, -0.1) is 0 Å². The molecule has 0 atom stereocenters. The van der Waals surface area contributed by atoms with Gasteiger partial charge >= 0.3 is 0 Å². The number of nitrogens with zero attached hydrogens (tertiary/aromatic N) is 3. The first kappa shape index (κ1) is 26.7. The van der Waals surface area contributed by atoms with Gasteiger partial charge in [-0.25, -0.2) is 0 Å². The number of carbonyl (C=O) groups is 2. The van der Waals surface area contributed by atoms with Gasteiger partial charge in [0.2, 0.25) is 11.9 Å². The summed E-state index contributed by atoms with van der Waals surface area (Å²) in [5.74, 6) is 1.06. The second-order valence-electron chi connectivity index (χ2n) is 9.55. The van der Waals surface area contributed by atoms with Crippen molar-refractivity contribution >= 4 is 23.5 Å². The Balaban J connectivity index is 2.12. The molecule has 7 nitrogen and oxygen atoms in total. The number of aryl methyl sites for hydroxylation is 1. The topological polar surface area (TPSA) is 76.5 Å². The van der Waals surface area contributed by atoms with Crippen LogP contribution < -0.4 is 15.2 Å². The maximum absolute atomic E-state index is 13.5. The summed E-state index contributed by atoms with van der Waals surface area (Å²) in [6, 6.07) is 5.51. The average molecular weight is 487 g/mol. The van der Waals surface area contributed by atoms with Crippen LogP contribution in [0.25, 0.3) is 0 Å². The quantitative estimate of drug-likeness (QED) is 0.352. The van der Waals surface area contributed by atoms with Gasteiger partial charge in [-0.3, -0.25) is 19.4 Å². The van der Waals surface area contributed by atoms with Crippen molar-refractivity contribution in [3.05, 3.63) is 35.0 Å². The number of anilines is 2. The van der Waals surface area contributed by atoms with E-state index in [2.05, 4.69) is 17.2 Å². The van der Waals surface area contributed by atoms with Crippen molar-refractivity contribution in [3.8, 4) is 5.75 Å². The Morgan fingerprint density at radius 1 is 1.20 bits per heavy atom. The van der Waals surface area contributed by atoms with E-state index in [0.29, 0.717) is 42.5 Å². The summed E-state index contributed by atoms with van der Waals surface area (Å²) in [5, 5.41) is 3.59. The van der Waals surface area contributed by atoms with E-state index in [9.17, 15) is 14.1 Å². The van der Waals surface area contributed by atoms with E-state index in [4.69, 9.17) is 4.98 Å². The summed E-state index contributed by atoms with van der Waals surface area (Å²) in [6.07, 6.45) is 8.47. The SMILES string of the molecule is CCCCC(=O)c1c(N(CCC)C(C)=O)nc(NC2CCCCC2)n1Cc1ccc(OF)c(C)c1. The third kappa shape index (κ3) is 6.61. The Morgan fingerprint density at radius 3 is 2.54 bits per heavy atom. The third-order valence-corrected chi connectivity index (χ3v) is 6.66. The molecule has 0 unspecified atom stereocenters. The number of hydrogen-bond acceptors (Lipinski definition) is 5. The first-order valence-corrected chi connectivity index (χ1v) is 13.0. The fraction of sp³-hybridized carbons (Fsp3) is 0.593. The fourth-order valence-corrected chi connectivity index (χ4v) is 4.77. The Morgan fingerprint density at radius 2 is 1.94 bits per heavy atom. The Kier molecular flexibility index (Phi) is 9.69. The lowest BCUT2D eigenvalue weighted by atomic mass is 9.96. The van der Waals surface area contributed by atoms with Crippen molar-refractivity contribution in [1.29, 1.82) is 0 Å². The molecule has 0 radical (unpaired) electrons. The van der Waals surface area contributed by atoms with E-state index >= 15 is 0 Å². The molecule has 8 heteroatoms. The molecule has 0 bridgehead atoms. The summed E-state index contributed by atoms with van der Waals surface area (Å²) >= 11 is 0. The third-order valence-electron chi connectivity index (χ3n) is 6.66. The molecule has 1 aromatic carbocycles. The van der Waals surface area contributed by atoms with Gasteiger partial charge in [0.15, 0.2) is 17.4 Å². The number of amides is 1. The smallest absolute Gasteiger partial charge is 0.225 e. The van der Waals surface area contributed by atoms with Gasteiger partial charge in [-0.1, -0.05) is 51.7 Å². The highest BCUT2D eigenvalue weighted by molar-refractivity contribution is 6.04. The molecule has 0 aliphatic heterocycles. The van der Waals surface area contributed by atoms with E-state index in [1.807, 2.05) is 17.6 Å². The monoisotopic (exact) mass is 486 g/mol. The molecule has 1 fully saturated rings. The van der Waals surface area contributed by atoms with Crippen LogP contribution in [0.5, 0.6) is 5.75 Å². The molecule has 1 saturated carbocycles. The van der Waals surface area contributed by atoms with Crippen molar-refractivity contribution in [2.45, 2.75) is 98.1 Å². The second kappa shape index (κ2) is 12.7.